The third-order valence-corrected chi connectivity index (χ3v) is 2.17. The Morgan fingerprint density at radius 3 is 2.64 bits per heavy atom. The molecule has 0 atom stereocenters. The standard InChI is InChI=1S/C8H6BrF2NO2/c1-14-8(13)5-4(10)2-3(9)6(11)7(5)12/h2H,12H2,1H3. The van der Waals surface area contributed by atoms with E-state index in [0.717, 1.165) is 13.2 Å². The number of halogens is 3. The van der Waals surface area contributed by atoms with E-state index in [-0.39, 0.29) is 4.47 Å². The number of nitrogens with two attached hydrogens (primary N) is 1. The highest BCUT2D eigenvalue weighted by Crippen LogP contribution is 2.27. The van der Waals surface area contributed by atoms with Crippen molar-refractivity contribution in [2.75, 3.05) is 12.8 Å². The average molecular weight is 266 g/mol. The molecule has 0 unspecified atom stereocenters. The summed E-state index contributed by atoms with van der Waals surface area (Å²) in [4.78, 5) is 11.0. The second-order valence-corrected chi connectivity index (χ2v) is 3.29. The normalized spacial score (nSPS) is 10.0. The fraction of sp³-hybridized carbons (Fsp3) is 0.125. The van der Waals surface area contributed by atoms with E-state index >= 15 is 0 Å². The Labute approximate surface area is 87.0 Å². The van der Waals surface area contributed by atoms with Crippen molar-refractivity contribution >= 4 is 27.6 Å². The quantitative estimate of drug-likeness (QED) is 0.481. The zero-order valence-electron chi connectivity index (χ0n) is 7.11. The summed E-state index contributed by atoms with van der Waals surface area (Å²) >= 11 is 2.75. The molecular weight excluding hydrogens is 260 g/mol. The van der Waals surface area contributed by atoms with E-state index in [1.165, 1.54) is 0 Å². The number of carbonyl (C=O) groups excluding carboxylic acids is 1. The lowest BCUT2D eigenvalue weighted by molar-refractivity contribution is 0.0596. The van der Waals surface area contributed by atoms with Gasteiger partial charge in [-0.1, -0.05) is 0 Å². The molecule has 1 aromatic carbocycles. The lowest BCUT2D eigenvalue weighted by Crippen LogP contribution is -2.10. The molecule has 0 saturated heterocycles. The molecule has 76 valence electrons. The fourth-order valence-corrected chi connectivity index (χ4v) is 1.34. The minimum atomic E-state index is -1.01. The molecule has 0 aliphatic heterocycles. The molecular formula is C8H6BrF2NO2. The highest BCUT2D eigenvalue weighted by atomic mass is 79.9. The van der Waals surface area contributed by atoms with Crippen molar-refractivity contribution in [1.82, 2.24) is 0 Å². The van der Waals surface area contributed by atoms with Crippen molar-refractivity contribution < 1.29 is 18.3 Å². The Hall–Kier alpha value is -1.17. The number of esters is 1. The van der Waals surface area contributed by atoms with E-state index < -0.39 is 28.9 Å². The number of hydrogen-bond acceptors (Lipinski definition) is 3. The van der Waals surface area contributed by atoms with Crippen molar-refractivity contribution in [3.63, 3.8) is 0 Å². The monoisotopic (exact) mass is 265 g/mol. The van der Waals surface area contributed by atoms with Crippen LogP contribution in [-0.4, -0.2) is 13.1 Å². The van der Waals surface area contributed by atoms with Crippen molar-refractivity contribution in [2.24, 2.45) is 0 Å². The molecule has 0 spiro atoms. The SMILES string of the molecule is COC(=O)c1c(F)cc(Br)c(F)c1N. The molecule has 0 amide bonds. The molecule has 3 nitrogen and oxygen atoms in total. The van der Waals surface area contributed by atoms with Crippen LogP contribution in [0.25, 0.3) is 0 Å². The molecule has 0 bridgehead atoms. The summed E-state index contributed by atoms with van der Waals surface area (Å²) in [6.07, 6.45) is 0. The van der Waals surface area contributed by atoms with Gasteiger partial charge >= 0.3 is 5.97 Å². The first-order valence-electron chi connectivity index (χ1n) is 3.50. The first kappa shape index (κ1) is 10.9. The lowest BCUT2D eigenvalue weighted by atomic mass is 10.1. The van der Waals surface area contributed by atoms with Crippen molar-refractivity contribution in [3.8, 4) is 0 Å². The van der Waals surface area contributed by atoms with Gasteiger partial charge in [0.1, 0.15) is 11.4 Å². The zero-order valence-corrected chi connectivity index (χ0v) is 8.69. The maximum absolute atomic E-state index is 13.2. The third-order valence-electron chi connectivity index (χ3n) is 1.60. The predicted molar refractivity (Wildman–Crippen MR) is 49.8 cm³/mol. The highest BCUT2D eigenvalue weighted by Gasteiger charge is 2.21. The van der Waals surface area contributed by atoms with E-state index in [4.69, 9.17) is 5.73 Å². The molecule has 14 heavy (non-hydrogen) atoms. The Kier molecular flexibility index (Phi) is 3.05. The van der Waals surface area contributed by atoms with Crippen molar-refractivity contribution in [3.05, 3.63) is 27.7 Å². The summed E-state index contributed by atoms with van der Waals surface area (Å²) in [5, 5.41) is 0. The Morgan fingerprint density at radius 2 is 2.14 bits per heavy atom. The molecule has 6 heteroatoms. The van der Waals surface area contributed by atoms with E-state index in [2.05, 4.69) is 20.7 Å². The Morgan fingerprint density at radius 1 is 1.57 bits per heavy atom. The second-order valence-electron chi connectivity index (χ2n) is 2.43. The molecule has 1 rings (SSSR count). The molecule has 0 saturated carbocycles. The summed E-state index contributed by atoms with van der Waals surface area (Å²) in [6, 6.07) is 0.817. The van der Waals surface area contributed by atoms with Crippen LogP contribution in [0.5, 0.6) is 0 Å². The first-order valence-corrected chi connectivity index (χ1v) is 4.29. The highest BCUT2D eigenvalue weighted by molar-refractivity contribution is 9.10. The van der Waals surface area contributed by atoms with Crippen LogP contribution in [0.4, 0.5) is 14.5 Å². The fourth-order valence-electron chi connectivity index (χ4n) is 0.923. The molecule has 0 aliphatic rings. The summed E-state index contributed by atoms with van der Waals surface area (Å²) in [7, 11) is 1.06. The predicted octanol–water partition coefficient (Wildman–Crippen LogP) is 2.10. The number of carbonyl (C=O) groups is 1. The van der Waals surface area contributed by atoms with Gasteiger partial charge in [0.25, 0.3) is 0 Å². The number of methoxy groups -OCH3 is 1. The number of benzene rings is 1. The summed E-state index contributed by atoms with van der Waals surface area (Å²) in [5.41, 5.74) is 4.06. The maximum atomic E-state index is 13.2. The van der Waals surface area contributed by atoms with Crippen LogP contribution in [0.15, 0.2) is 10.5 Å². The summed E-state index contributed by atoms with van der Waals surface area (Å²) in [5.74, 6) is -2.82. The van der Waals surface area contributed by atoms with E-state index in [1.54, 1.807) is 0 Å². The van der Waals surface area contributed by atoms with Crippen LogP contribution in [0.2, 0.25) is 0 Å². The molecule has 2 N–H and O–H groups in total. The summed E-state index contributed by atoms with van der Waals surface area (Å²) in [6.45, 7) is 0. The molecule has 1 aromatic rings. The van der Waals surface area contributed by atoms with Gasteiger partial charge in [0.2, 0.25) is 0 Å². The van der Waals surface area contributed by atoms with Crippen LogP contribution in [0, 0.1) is 11.6 Å². The second kappa shape index (κ2) is 3.91. The topological polar surface area (TPSA) is 52.3 Å². The average Bonchev–Trinajstić information content (AvgIpc) is 2.14. The van der Waals surface area contributed by atoms with Gasteiger partial charge in [0.05, 0.1) is 17.3 Å². The van der Waals surface area contributed by atoms with Gasteiger partial charge in [-0.3, -0.25) is 0 Å². The Bertz CT molecular complexity index is 395. The molecule has 0 aromatic heterocycles. The number of rotatable bonds is 1. The summed E-state index contributed by atoms with van der Waals surface area (Å²) < 4.78 is 30.4. The van der Waals surface area contributed by atoms with Gasteiger partial charge in [-0.05, 0) is 22.0 Å². The minimum absolute atomic E-state index is 0.139. The third kappa shape index (κ3) is 1.70. The number of nitrogen functional groups attached to an aromatic ring is 1. The van der Waals surface area contributed by atoms with Crippen molar-refractivity contribution in [1.29, 1.82) is 0 Å². The van der Waals surface area contributed by atoms with Gasteiger partial charge in [0, 0.05) is 0 Å². The van der Waals surface area contributed by atoms with Crippen molar-refractivity contribution in [2.45, 2.75) is 0 Å². The number of hydrogen-bond donors (Lipinski definition) is 1. The smallest absolute Gasteiger partial charge is 0.343 e. The minimum Gasteiger partial charge on any atom is -0.465 e. The van der Waals surface area contributed by atoms with Crippen LogP contribution in [0.1, 0.15) is 10.4 Å². The first-order chi connectivity index (χ1) is 6.49. The van der Waals surface area contributed by atoms with Gasteiger partial charge in [-0.2, -0.15) is 0 Å². The molecule has 0 fully saturated rings. The van der Waals surface area contributed by atoms with E-state index in [1.807, 2.05) is 0 Å². The number of ether oxygens (including phenoxy) is 1. The largest absolute Gasteiger partial charge is 0.465 e. The van der Waals surface area contributed by atoms with Crippen LogP contribution >= 0.6 is 15.9 Å². The van der Waals surface area contributed by atoms with Gasteiger partial charge in [-0.25, -0.2) is 13.6 Å². The lowest BCUT2D eigenvalue weighted by Gasteiger charge is -2.07. The van der Waals surface area contributed by atoms with E-state index in [0.29, 0.717) is 0 Å². The van der Waals surface area contributed by atoms with Gasteiger partial charge < -0.3 is 10.5 Å². The maximum Gasteiger partial charge on any atom is 0.343 e. The van der Waals surface area contributed by atoms with E-state index in [9.17, 15) is 13.6 Å². The number of anilines is 1. The van der Waals surface area contributed by atoms with Gasteiger partial charge in [-0.15, -0.1) is 0 Å². The molecule has 0 radical (unpaired) electrons. The Balaban J connectivity index is 3.44. The molecule has 0 aliphatic carbocycles. The molecule has 0 heterocycles. The van der Waals surface area contributed by atoms with Crippen LogP contribution < -0.4 is 5.73 Å². The zero-order chi connectivity index (χ0) is 10.9. The van der Waals surface area contributed by atoms with Crippen LogP contribution in [-0.2, 0) is 4.74 Å². The van der Waals surface area contributed by atoms with Gasteiger partial charge in [0.15, 0.2) is 5.82 Å². The van der Waals surface area contributed by atoms with Crippen LogP contribution in [0.3, 0.4) is 0 Å².